The third kappa shape index (κ3) is 4.12. The quantitative estimate of drug-likeness (QED) is 0.557. The number of phenols is 1. The largest absolute Gasteiger partial charge is 0.507 e. The molecule has 176 valence electrons. The molecule has 3 aromatic rings. The van der Waals surface area contributed by atoms with Crippen LogP contribution in [0.15, 0.2) is 54.7 Å². The van der Waals surface area contributed by atoms with E-state index in [4.69, 9.17) is 11.6 Å². The van der Waals surface area contributed by atoms with Crippen molar-refractivity contribution in [1.29, 1.82) is 0 Å². The average molecular weight is 477 g/mol. The predicted molar refractivity (Wildman–Crippen MR) is 138 cm³/mol. The Morgan fingerprint density at radius 1 is 1.00 bits per heavy atom. The van der Waals surface area contributed by atoms with Crippen molar-refractivity contribution in [3.8, 4) is 28.0 Å². The zero-order valence-electron chi connectivity index (χ0n) is 19.5. The number of piperazine rings is 1. The molecule has 2 aliphatic rings. The summed E-state index contributed by atoms with van der Waals surface area (Å²) in [6.07, 6.45) is 2.59. The number of phenolic OH excluding ortho intramolecular Hbond substituents is 1. The van der Waals surface area contributed by atoms with Crippen LogP contribution in [0.3, 0.4) is 0 Å². The summed E-state index contributed by atoms with van der Waals surface area (Å²) in [5.74, 6) is 1.20. The molecule has 3 heterocycles. The second-order valence-corrected chi connectivity index (χ2v) is 10.0. The first kappa shape index (κ1) is 22.7. The number of benzene rings is 2. The first-order valence-corrected chi connectivity index (χ1v) is 12.1. The molecule has 2 saturated heterocycles. The number of nitrogens with one attached hydrogen (secondary N) is 1. The van der Waals surface area contributed by atoms with E-state index in [2.05, 4.69) is 15.2 Å². The Bertz CT molecular complexity index is 1240. The highest BCUT2D eigenvalue weighted by atomic mass is 35.5. The van der Waals surface area contributed by atoms with Crippen LogP contribution in [0.1, 0.15) is 20.3 Å². The molecule has 0 spiro atoms. The van der Waals surface area contributed by atoms with Crippen molar-refractivity contribution in [3.05, 3.63) is 59.8 Å². The molecule has 0 bridgehead atoms. The van der Waals surface area contributed by atoms with E-state index in [1.54, 1.807) is 11.1 Å². The minimum atomic E-state index is -0.372. The lowest BCUT2D eigenvalue weighted by atomic mass is 9.92. The molecule has 1 amide bonds. The smallest absolute Gasteiger partial charge is 0.232 e. The molecule has 34 heavy (non-hydrogen) atoms. The van der Waals surface area contributed by atoms with Gasteiger partial charge in [-0.25, -0.2) is 4.98 Å². The fourth-order valence-corrected chi connectivity index (χ4v) is 5.03. The molecule has 7 heteroatoms. The van der Waals surface area contributed by atoms with E-state index in [1.165, 1.54) is 0 Å². The summed E-state index contributed by atoms with van der Waals surface area (Å²) in [5.41, 5.74) is 3.49. The molecule has 2 fully saturated rings. The molecule has 0 radical (unpaired) electrons. The maximum Gasteiger partial charge on any atom is 0.232 e. The van der Waals surface area contributed by atoms with Gasteiger partial charge >= 0.3 is 0 Å². The van der Waals surface area contributed by atoms with E-state index in [0.717, 1.165) is 55.1 Å². The molecular weight excluding hydrogens is 448 g/mol. The zero-order chi connectivity index (χ0) is 23.9. The maximum atomic E-state index is 12.7. The summed E-state index contributed by atoms with van der Waals surface area (Å²) in [5, 5.41) is 15.1. The van der Waals surface area contributed by atoms with E-state index >= 15 is 0 Å². The van der Waals surface area contributed by atoms with Crippen molar-refractivity contribution in [2.45, 2.75) is 20.3 Å². The number of rotatable bonds is 4. The van der Waals surface area contributed by atoms with E-state index in [9.17, 15) is 9.90 Å². The van der Waals surface area contributed by atoms with Gasteiger partial charge in [0, 0.05) is 55.5 Å². The number of nitrogens with zero attached hydrogens (tertiary/aromatic N) is 3. The number of anilines is 2. The molecule has 0 saturated carbocycles. The fraction of sp³-hybridized carbons (Fsp3) is 0.333. The molecular formula is C27H29ClN4O2. The van der Waals surface area contributed by atoms with Crippen LogP contribution in [0, 0.1) is 5.41 Å². The molecule has 2 aromatic carbocycles. The van der Waals surface area contributed by atoms with Gasteiger partial charge in [-0.2, -0.15) is 0 Å². The van der Waals surface area contributed by atoms with Gasteiger partial charge in [-0.05, 0) is 41.8 Å². The van der Waals surface area contributed by atoms with Crippen molar-refractivity contribution >= 4 is 29.0 Å². The van der Waals surface area contributed by atoms with Crippen LogP contribution in [0.4, 0.5) is 11.5 Å². The Kier molecular flexibility index (Phi) is 5.96. The van der Waals surface area contributed by atoms with Gasteiger partial charge in [0.25, 0.3) is 0 Å². The lowest BCUT2D eigenvalue weighted by molar-refractivity contribution is -0.123. The van der Waals surface area contributed by atoms with E-state index in [0.29, 0.717) is 22.8 Å². The number of hydrogen-bond acceptors (Lipinski definition) is 5. The molecule has 0 aliphatic carbocycles. The van der Waals surface area contributed by atoms with Gasteiger partial charge in [0.15, 0.2) is 0 Å². The highest BCUT2D eigenvalue weighted by molar-refractivity contribution is 6.34. The molecule has 6 nitrogen and oxygen atoms in total. The van der Waals surface area contributed by atoms with Crippen molar-refractivity contribution in [3.63, 3.8) is 0 Å². The van der Waals surface area contributed by atoms with Crippen LogP contribution in [0.5, 0.6) is 5.75 Å². The summed E-state index contributed by atoms with van der Waals surface area (Å²) < 4.78 is 0. The Morgan fingerprint density at radius 3 is 2.35 bits per heavy atom. The summed E-state index contributed by atoms with van der Waals surface area (Å²) in [4.78, 5) is 21.3. The number of carbonyl (C=O) groups excluding carboxylic acids is 1. The summed E-state index contributed by atoms with van der Waals surface area (Å²) >= 11 is 6.64. The molecule has 2 aliphatic heterocycles. The van der Waals surface area contributed by atoms with Crippen LogP contribution in [-0.2, 0) is 4.79 Å². The predicted octanol–water partition coefficient (Wildman–Crippen LogP) is 4.95. The van der Waals surface area contributed by atoms with Gasteiger partial charge < -0.3 is 20.2 Å². The SMILES string of the molecule is CC1(C)CCN(c2ccc(-c3cccc(-c4ccnc(N5CCNCC5)c4)c3O)cc2Cl)C1=O. The number of aromatic hydroxyl groups is 1. The Labute approximate surface area is 205 Å². The Hall–Kier alpha value is -3.09. The Morgan fingerprint density at radius 2 is 1.71 bits per heavy atom. The summed E-state index contributed by atoms with van der Waals surface area (Å²) in [6.45, 7) is 8.27. The lowest BCUT2D eigenvalue weighted by Gasteiger charge is -2.28. The first-order valence-electron chi connectivity index (χ1n) is 11.7. The minimum absolute atomic E-state index is 0.0879. The summed E-state index contributed by atoms with van der Waals surface area (Å²) in [7, 11) is 0. The topological polar surface area (TPSA) is 68.7 Å². The monoisotopic (exact) mass is 476 g/mol. The standard InChI is InChI=1S/C27H29ClN4O2/c1-27(2)9-13-32(26(27)34)23-7-6-18(16-22(23)28)20-4-3-5-21(25(20)33)19-8-10-30-24(17-19)31-14-11-29-12-15-31/h3-8,10,16-17,29,33H,9,11-15H2,1-2H3. The van der Waals surface area contributed by atoms with Gasteiger partial charge in [0.1, 0.15) is 11.6 Å². The summed E-state index contributed by atoms with van der Waals surface area (Å²) in [6, 6.07) is 15.3. The van der Waals surface area contributed by atoms with Crippen molar-refractivity contribution < 1.29 is 9.90 Å². The Balaban J connectivity index is 1.47. The molecule has 2 N–H and O–H groups in total. The second kappa shape index (κ2) is 8.93. The van der Waals surface area contributed by atoms with Crippen LogP contribution >= 0.6 is 11.6 Å². The van der Waals surface area contributed by atoms with Gasteiger partial charge in [-0.3, -0.25) is 4.79 Å². The number of carbonyl (C=O) groups is 1. The van der Waals surface area contributed by atoms with Crippen molar-refractivity contribution in [2.24, 2.45) is 5.41 Å². The number of para-hydroxylation sites is 1. The number of hydrogen-bond donors (Lipinski definition) is 2. The van der Waals surface area contributed by atoms with Crippen LogP contribution < -0.4 is 15.1 Å². The van der Waals surface area contributed by atoms with Gasteiger partial charge in [-0.1, -0.05) is 49.7 Å². The molecule has 0 atom stereocenters. The van der Waals surface area contributed by atoms with Crippen LogP contribution in [0.2, 0.25) is 5.02 Å². The fourth-order valence-electron chi connectivity index (χ4n) is 4.75. The number of halogens is 1. The minimum Gasteiger partial charge on any atom is -0.507 e. The van der Waals surface area contributed by atoms with Crippen LogP contribution in [-0.4, -0.2) is 48.7 Å². The van der Waals surface area contributed by atoms with Crippen molar-refractivity contribution in [2.75, 3.05) is 42.5 Å². The van der Waals surface area contributed by atoms with Crippen LogP contribution in [0.25, 0.3) is 22.3 Å². The second-order valence-electron chi connectivity index (χ2n) is 9.60. The van der Waals surface area contributed by atoms with Crippen molar-refractivity contribution in [1.82, 2.24) is 10.3 Å². The first-order chi connectivity index (χ1) is 16.3. The highest BCUT2D eigenvalue weighted by Gasteiger charge is 2.39. The van der Waals surface area contributed by atoms with E-state index in [-0.39, 0.29) is 17.1 Å². The average Bonchev–Trinajstić information content (AvgIpc) is 3.12. The highest BCUT2D eigenvalue weighted by Crippen LogP contribution is 2.42. The van der Waals surface area contributed by atoms with E-state index < -0.39 is 0 Å². The number of amides is 1. The van der Waals surface area contributed by atoms with E-state index in [1.807, 2.05) is 62.4 Å². The third-order valence-corrected chi connectivity index (χ3v) is 7.17. The van der Waals surface area contributed by atoms with Gasteiger partial charge in [0.05, 0.1) is 10.7 Å². The van der Waals surface area contributed by atoms with Gasteiger partial charge in [0.2, 0.25) is 5.91 Å². The molecule has 1 aromatic heterocycles. The van der Waals surface area contributed by atoms with Gasteiger partial charge in [-0.15, -0.1) is 0 Å². The molecule has 5 rings (SSSR count). The normalized spacial score (nSPS) is 17.9. The number of pyridine rings is 1. The lowest BCUT2D eigenvalue weighted by Crippen LogP contribution is -2.43. The maximum absolute atomic E-state index is 12.7. The zero-order valence-corrected chi connectivity index (χ0v) is 20.3. The molecule has 0 unspecified atom stereocenters. The number of aromatic nitrogens is 1. The third-order valence-electron chi connectivity index (χ3n) is 6.87.